The van der Waals surface area contributed by atoms with Crippen molar-refractivity contribution in [2.45, 2.75) is 20.4 Å². The van der Waals surface area contributed by atoms with Crippen molar-refractivity contribution in [1.29, 1.82) is 0 Å². The first-order chi connectivity index (χ1) is 9.60. The first kappa shape index (κ1) is 14.7. The Kier molecular flexibility index (Phi) is 4.92. The Hall–Kier alpha value is -1.66. The van der Waals surface area contributed by atoms with Gasteiger partial charge in [-0.1, -0.05) is 19.9 Å². The second-order valence-electron chi connectivity index (χ2n) is 4.69. The summed E-state index contributed by atoms with van der Waals surface area (Å²) >= 11 is 1.58. The maximum atomic E-state index is 10.9. The molecule has 20 heavy (non-hydrogen) atoms. The normalized spacial score (nSPS) is 12.8. The van der Waals surface area contributed by atoms with Gasteiger partial charge in [0.05, 0.1) is 16.5 Å². The summed E-state index contributed by atoms with van der Waals surface area (Å²) in [4.78, 5) is 18.4. The van der Waals surface area contributed by atoms with E-state index >= 15 is 0 Å². The van der Waals surface area contributed by atoms with Crippen LogP contribution in [0.25, 0.3) is 10.8 Å². The average Bonchev–Trinajstić information content (AvgIpc) is 3.08. The predicted octanol–water partition coefficient (Wildman–Crippen LogP) is 2.95. The van der Waals surface area contributed by atoms with E-state index in [-0.39, 0.29) is 0 Å². The number of carboxylic acids is 1. The number of hydrogen-bond acceptors (Lipinski definition) is 5. The minimum atomic E-state index is -0.775. The van der Waals surface area contributed by atoms with E-state index in [2.05, 4.69) is 9.88 Å². The largest absolute Gasteiger partial charge is 0.481 e. The molecule has 6 heteroatoms. The molecule has 0 aliphatic heterocycles. The van der Waals surface area contributed by atoms with Crippen LogP contribution >= 0.6 is 11.3 Å². The van der Waals surface area contributed by atoms with Crippen LogP contribution in [0.1, 0.15) is 19.5 Å². The first-order valence-electron chi connectivity index (χ1n) is 6.53. The van der Waals surface area contributed by atoms with Crippen molar-refractivity contribution in [2.75, 3.05) is 13.1 Å². The van der Waals surface area contributed by atoms with Crippen LogP contribution in [0.3, 0.4) is 0 Å². The van der Waals surface area contributed by atoms with Gasteiger partial charge < -0.3 is 9.52 Å². The minimum absolute atomic E-state index is 0.390. The SMILES string of the molecule is CCN(Cc1coc(-c2cccs2)n1)CC(C)C(=O)O. The summed E-state index contributed by atoms with van der Waals surface area (Å²) in [5.74, 6) is -0.543. The van der Waals surface area contributed by atoms with Crippen LogP contribution in [-0.4, -0.2) is 34.0 Å². The topological polar surface area (TPSA) is 66.6 Å². The maximum absolute atomic E-state index is 10.9. The van der Waals surface area contributed by atoms with E-state index in [4.69, 9.17) is 9.52 Å². The van der Waals surface area contributed by atoms with Gasteiger partial charge in [0.15, 0.2) is 0 Å². The lowest BCUT2D eigenvalue weighted by Gasteiger charge is -2.21. The lowest BCUT2D eigenvalue weighted by molar-refractivity contribution is -0.141. The zero-order valence-electron chi connectivity index (χ0n) is 11.6. The third-order valence-electron chi connectivity index (χ3n) is 3.07. The van der Waals surface area contributed by atoms with E-state index in [1.165, 1.54) is 0 Å². The molecule has 0 aromatic carbocycles. The molecule has 5 nitrogen and oxygen atoms in total. The summed E-state index contributed by atoms with van der Waals surface area (Å²) in [6, 6.07) is 3.92. The fourth-order valence-corrected chi connectivity index (χ4v) is 2.55. The molecule has 0 aliphatic rings. The molecular formula is C14H18N2O3S. The second kappa shape index (κ2) is 6.67. The molecule has 0 bridgehead atoms. The molecular weight excluding hydrogens is 276 g/mol. The van der Waals surface area contributed by atoms with Gasteiger partial charge in [0.2, 0.25) is 5.89 Å². The number of carbonyl (C=O) groups is 1. The Balaban J connectivity index is 1.99. The molecule has 2 rings (SSSR count). The number of oxazole rings is 1. The molecule has 1 N–H and O–H groups in total. The van der Waals surface area contributed by atoms with Crippen LogP contribution in [0.2, 0.25) is 0 Å². The maximum Gasteiger partial charge on any atom is 0.307 e. The number of aromatic nitrogens is 1. The quantitative estimate of drug-likeness (QED) is 0.850. The summed E-state index contributed by atoms with van der Waals surface area (Å²) in [6.07, 6.45) is 1.64. The van der Waals surface area contributed by atoms with Crippen molar-refractivity contribution in [3.63, 3.8) is 0 Å². The van der Waals surface area contributed by atoms with Gasteiger partial charge in [0, 0.05) is 13.1 Å². The molecule has 1 atom stereocenters. The first-order valence-corrected chi connectivity index (χ1v) is 7.41. The molecule has 2 heterocycles. The van der Waals surface area contributed by atoms with E-state index < -0.39 is 11.9 Å². The van der Waals surface area contributed by atoms with Gasteiger partial charge in [-0.25, -0.2) is 4.98 Å². The van der Waals surface area contributed by atoms with Crippen molar-refractivity contribution in [3.05, 3.63) is 29.5 Å². The number of thiophene rings is 1. The Bertz CT molecular complexity index is 551. The van der Waals surface area contributed by atoms with Gasteiger partial charge >= 0.3 is 5.97 Å². The van der Waals surface area contributed by atoms with Crippen molar-refractivity contribution in [2.24, 2.45) is 5.92 Å². The lowest BCUT2D eigenvalue weighted by Crippen LogP contribution is -2.31. The smallest absolute Gasteiger partial charge is 0.307 e. The number of carboxylic acid groups (broad SMARTS) is 1. The number of aliphatic carboxylic acids is 1. The summed E-state index contributed by atoms with van der Waals surface area (Å²) in [5.41, 5.74) is 0.827. The monoisotopic (exact) mass is 294 g/mol. The summed E-state index contributed by atoms with van der Waals surface area (Å²) < 4.78 is 5.46. The zero-order valence-corrected chi connectivity index (χ0v) is 12.4. The molecule has 0 amide bonds. The predicted molar refractivity (Wildman–Crippen MR) is 77.6 cm³/mol. The van der Waals surface area contributed by atoms with E-state index in [0.29, 0.717) is 19.0 Å². The fourth-order valence-electron chi connectivity index (χ4n) is 1.89. The average molecular weight is 294 g/mol. The molecule has 0 radical (unpaired) electrons. The molecule has 0 saturated carbocycles. The number of hydrogen-bond donors (Lipinski definition) is 1. The van der Waals surface area contributed by atoms with Crippen molar-refractivity contribution in [3.8, 4) is 10.8 Å². The number of rotatable bonds is 7. The molecule has 0 saturated heterocycles. The van der Waals surface area contributed by atoms with E-state index in [1.807, 2.05) is 24.4 Å². The third-order valence-corrected chi connectivity index (χ3v) is 3.93. The highest BCUT2D eigenvalue weighted by atomic mass is 32.1. The fraction of sp³-hybridized carbons (Fsp3) is 0.429. The van der Waals surface area contributed by atoms with Crippen LogP contribution < -0.4 is 0 Å². The van der Waals surface area contributed by atoms with Gasteiger partial charge in [-0.15, -0.1) is 11.3 Å². The molecule has 2 aromatic heterocycles. The minimum Gasteiger partial charge on any atom is -0.481 e. The lowest BCUT2D eigenvalue weighted by atomic mass is 10.1. The van der Waals surface area contributed by atoms with Gasteiger partial charge in [0.25, 0.3) is 0 Å². The van der Waals surface area contributed by atoms with Crippen LogP contribution in [0.5, 0.6) is 0 Å². The Morgan fingerprint density at radius 1 is 1.60 bits per heavy atom. The Morgan fingerprint density at radius 2 is 2.40 bits per heavy atom. The molecule has 0 spiro atoms. The van der Waals surface area contributed by atoms with Gasteiger partial charge in [-0.3, -0.25) is 9.69 Å². The molecule has 2 aromatic rings. The van der Waals surface area contributed by atoms with Gasteiger partial charge in [-0.2, -0.15) is 0 Å². The van der Waals surface area contributed by atoms with Crippen LogP contribution in [-0.2, 0) is 11.3 Å². The van der Waals surface area contributed by atoms with Crippen LogP contribution in [0.15, 0.2) is 28.2 Å². The zero-order chi connectivity index (χ0) is 14.5. The standard InChI is InChI=1S/C14H18N2O3S/c1-3-16(7-10(2)14(17)18)8-11-9-19-13(15-11)12-5-4-6-20-12/h4-6,9-10H,3,7-8H2,1-2H3,(H,17,18). The molecule has 0 fully saturated rings. The van der Waals surface area contributed by atoms with Crippen LogP contribution in [0, 0.1) is 5.92 Å². The van der Waals surface area contributed by atoms with Gasteiger partial charge in [-0.05, 0) is 18.0 Å². The molecule has 108 valence electrons. The molecule has 0 aliphatic carbocycles. The van der Waals surface area contributed by atoms with E-state index in [0.717, 1.165) is 17.1 Å². The van der Waals surface area contributed by atoms with Gasteiger partial charge in [0.1, 0.15) is 6.26 Å². The highest BCUT2D eigenvalue weighted by Gasteiger charge is 2.17. The Morgan fingerprint density at radius 3 is 3.00 bits per heavy atom. The van der Waals surface area contributed by atoms with E-state index in [9.17, 15) is 4.79 Å². The Labute approximate surface area is 121 Å². The van der Waals surface area contributed by atoms with E-state index in [1.54, 1.807) is 24.5 Å². The molecule has 1 unspecified atom stereocenters. The number of nitrogens with zero attached hydrogens (tertiary/aromatic N) is 2. The third kappa shape index (κ3) is 3.68. The highest BCUT2D eigenvalue weighted by molar-refractivity contribution is 7.13. The second-order valence-corrected chi connectivity index (χ2v) is 5.64. The summed E-state index contributed by atoms with van der Waals surface area (Å²) in [6.45, 7) is 5.61. The van der Waals surface area contributed by atoms with Crippen molar-refractivity contribution >= 4 is 17.3 Å². The van der Waals surface area contributed by atoms with Crippen molar-refractivity contribution < 1.29 is 14.3 Å². The highest BCUT2D eigenvalue weighted by Crippen LogP contribution is 2.24. The summed E-state index contributed by atoms with van der Waals surface area (Å²) in [7, 11) is 0. The summed E-state index contributed by atoms with van der Waals surface area (Å²) in [5, 5.41) is 10.9. The van der Waals surface area contributed by atoms with Crippen LogP contribution in [0.4, 0.5) is 0 Å². The van der Waals surface area contributed by atoms with Crippen molar-refractivity contribution in [1.82, 2.24) is 9.88 Å².